The Morgan fingerprint density at radius 3 is 2.21 bits per heavy atom. The van der Waals surface area contributed by atoms with Gasteiger partial charge in [-0.2, -0.15) is 0 Å². The summed E-state index contributed by atoms with van der Waals surface area (Å²) < 4.78 is 29.1. The van der Waals surface area contributed by atoms with Gasteiger partial charge in [0.25, 0.3) is 10.0 Å². The lowest BCUT2D eigenvalue weighted by Gasteiger charge is -2.34. The van der Waals surface area contributed by atoms with Gasteiger partial charge < -0.3 is 10.2 Å². The van der Waals surface area contributed by atoms with Crippen molar-refractivity contribution < 1.29 is 18.0 Å². The van der Waals surface area contributed by atoms with Gasteiger partial charge in [0.05, 0.1) is 10.6 Å². The molecule has 3 aromatic carbocycles. The van der Waals surface area contributed by atoms with Gasteiger partial charge >= 0.3 is 0 Å². The summed E-state index contributed by atoms with van der Waals surface area (Å²) in [5.41, 5.74) is 1.71. The standard InChI is InChI=1S/C32H37Cl2N3O4S/c1-3-29(32(39)35-27-10-6-4-7-11-27)36(21-24-15-18-25(33)19-16-24)31(38)22-37(30-20-26(34)17-14-23(30)2)42(40,41)28-12-8-5-9-13-28/h5,8-9,12-20,27,29H,3-4,6-7,10-11,21-22H2,1-2H3,(H,35,39). The molecule has 0 saturated heterocycles. The Hall–Kier alpha value is -3.07. The van der Waals surface area contributed by atoms with Crippen molar-refractivity contribution in [2.24, 2.45) is 0 Å². The van der Waals surface area contributed by atoms with Crippen LogP contribution < -0.4 is 9.62 Å². The molecule has 0 heterocycles. The van der Waals surface area contributed by atoms with Crippen LogP contribution in [-0.2, 0) is 26.2 Å². The zero-order valence-electron chi connectivity index (χ0n) is 23.9. The maximum Gasteiger partial charge on any atom is 0.264 e. The van der Waals surface area contributed by atoms with Gasteiger partial charge in [0.15, 0.2) is 0 Å². The van der Waals surface area contributed by atoms with Crippen LogP contribution >= 0.6 is 23.2 Å². The van der Waals surface area contributed by atoms with Gasteiger partial charge in [-0.3, -0.25) is 13.9 Å². The molecule has 1 aliphatic rings. The van der Waals surface area contributed by atoms with Gasteiger partial charge in [-0.15, -0.1) is 0 Å². The summed E-state index contributed by atoms with van der Waals surface area (Å²) in [6.07, 6.45) is 5.44. The average Bonchev–Trinajstić information content (AvgIpc) is 2.99. The van der Waals surface area contributed by atoms with E-state index in [1.54, 1.807) is 67.6 Å². The predicted octanol–water partition coefficient (Wildman–Crippen LogP) is 6.75. The summed E-state index contributed by atoms with van der Waals surface area (Å²) in [5, 5.41) is 4.05. The molecule has 1 fully saturated rings. The monoisotopic (exact) mass is 629 g/mol. The van der Waals surface area contributed by atoms with Crippen molar-refractivity contribution in [3.8, 4) is 0 Å². The van der Waals surface area contributed by atoms with E-state index < -0.39 is 28.5 Å². The van der Waals surface area contributed by atoms with Crippen LogP contribution in [0.1, 0.15) is 56.6 Å². The fraction of sp³-hybridized carbons (Fsp3) is 0.375. The molecule has 0 radical (unpaired) electrons. The van der Waals surface area contributed by atoms with Crippen molar-refractivity contribution in [2.45, 2.75) is 75.9 Å². The van der Waals surface area contributed by atoms with Gasteiger partial charge in [-0.25, -0.2) is 8.42 Å². The van der Waals surface area contributed by atoms with E-state index in [2.05, 4.69) is 5.32 Å². The number of hydrogen-bond donors (Lipinski definition) is 1. The molecular weight excluding hydrogens is 593 g/mol. The van der Waals surface area contributed by atoms with E-state index in [4.69, 9.17) is 23.2 Å². The second-order valence-corrected chi connectivity index (χ2v) is 13.4. The van der Waals surface area contributed by atoms with Crippen molar-refractivity contribution in [1.29, 1.82) is 0 Å². The summed E-state index contributed by atoms with van der Waals surface area (Å²) >= 11 is 12.4. The molecule has 42 heavy (non-hydrogen) atoms. The third-order valence-electron chi connectivity index (χ3n) is 7.65. The molecule has 7 nitrogen and oxygen atoms in total. The summed E-state index contributed by atoms with van der Waals surface area (Å²) in [6.45, 7) is 3.22. The van der Waals surface area contributed by atoms with Crippen LogP contribution in [0, 0.1) is 6.92 Å². The molecule has 1 N–H and O–H groups in total. The molecule has 0 spiro atoms. The summed E-state index contributed by atoms with van der Waals surface area (Å²) in [6, 6.07) is 19.2. The normalized spacial score (nSPS) is 14.7. The molecule has 3 aromatic rings. The molecule has 1 aliphatic carbocycles. The number of benzene rings is 3. The summed E-state index contributed by atoms with van der Waals surface area (Å²) in [4.78, 5) is 29.4. The smallest absolute Gasteiger partial charge is 0.264 e. The number of halogens is 2. The highest BCUT2D eigenvalue weighted by molar-refractivity contribution is 7.92. The quantitative estimate of drug-likeness (QED) is 0.254. The number of hydrogen-bond acceptors (Lipinski definition) is 4. The largest absolute Gasteiger partial charge is 0.352 e. The Morgan fingerprint density at radius 2 is 1.57 bits per heavy atom. The number of nitrogens with one attached hydrogen (secondary N) is 1. The van der Waals surface area contributed by atoms with Crippen molar-refractivity contribution in [1.82, 2.24) is 10.2 Å². The van der Waals surface area contributed by atoms with Gasteiger partial charge in [-0.05, 0) is 73.7 Å². The number of nitrogens with zero attached hydrogens (tertiary/aromatic N) is 2. The lowest BCUT2D eigenvalue weighted by atomic mass is 9.95. The second-order valence-electron chi connectivity index (χ2n) is 10.7. The molecule has 1 saturated carbocycles. The Labute approximate surface area is 258 Å². The molecule has 0 aromatic heterocycles. The molecule has 0 aliphatic heterocycles. The van der Waals surface area contributed by atoms with Crippen LogP contribution in [0.2, 0.25) is 10.0 Å². The van der Waals surface area contributed by atoms with Crippen LogP contribution in [0.4, 0.5) is 5.69 Å². The minimum absolute atomic E-state index is 0.0449. The Bertz CT molecular complexity index is 1480. The van der Waals surface area contributed by atoms with E-state index in [-0.39, 0.29) is 23.4 Å². The Kier molecular flexibility index (Phi) is 10.9. The maximum atomic E-state index is 14.3. The lowest BCUT2D eigenvalue weighted by molar-refractivity contribution is -0.140. The topological polar surface area (TPSA) is 86.8 Å². The molecule has 2 amide bonds. The third kappa shape index (κ3) is 7.85. The van der Waals surface area contributed by atoms with Crippen LogP contribution in [0.15, 0.2) is 77.7 Å². The number of carbonyl (C=O) groups excluding carboxylic acids is 2. The Balaban J connectivity index is 1.72. The van der Waals surface area contributed by atoms with Gasteiger partial charge in [0, 0.05) is 22.6 Å². The highest BCUT2D eigenvalue weighted by Gasteiger charge is 2.35. The van der Waals surface area contributed by atoms with Crippen LogP contribution in [0.25, 0.3) is 0 Å². The number of sulfonamides is 1. The van der Waals surface area contributed by atoms with E-state index in [0.29, 0.717) is 27.7 Å². The molecule has 1 unspecified atom stereocenters. The highest BCUT2D eigenvalue weighted by Crippen LogP contribution is 2.30. The first-order chi connectivity index (χ1) is 20.1. The van der Waals surface area contributed by atoms with Crippen molar-refractivity contribution >= 4 is 50.7 Å². The number of carbonyl (C=O) groups is 2. The van der Waals surface area contributed by atoms with E-state index in [0.717, 1.165) is 42.0 Å². The minimum atomic E-state index is -4.17. The van der Waals surface area contributed by atoms with Crippen LogP contribution in [0.5, 0.6) is 0 Å². The Morgan fingerprint density at radius 1 is 0.929 bits per heavy atom. The van der Waals surface area contributed by atoms with E-state index in [1.165, 1.54) is 17.0 Å². The molecule has 224 valence electrons. The zero-order valence-corrected chi connectivity index (χ0v) is 26.3. The molecular formula is C32H37Cl2N3O4S. The third-order valence-corrected chi connectivity index (χ3v) is 9.91. The van der Waals surface area contributed by atoms with Crippen molar-refractivity contribution in [2.75, 3.05) is 10.8 Å². The van der Waals surface area contributed by atoms with Gasteiger partial charge in [0.2, 0.25) is 11.8 Å². The lowest BCUT2D eigenvalue weighted by Crippen LogP contribution is -2.54. The van der Waals surface area contributed by atoms with E-state index in [1.807, 2.05) is 6.92 Å². The molecule has 1 atom stereocenters. The average molecular weight is 631 g/mol. The second kappa shape index (κ2) is 14.4. The zero-order chi connectivity index (χ0) is 30.3. The number of rotatable bonds is 11. The number of amides is 2. The predicted molar refractivity (Wildman–Crippen MR) is 168 cm³/mol. The molecule has 10 heteroatoms. The minimum Gasteiger partial charge on any atom is -0.352 e. The van der Waals surface area contributed by atoms with Gasteiger partial charge in [0.1, 0.15) is 12.6 Å². The van der Waals surface area contributed by atoms with E-state index >= 15 is 0 Å². The van der Waals surface area contributed by atoms with Crippen LogP contribution in [-0.4, -0.2) is 43.8 Å². The van der Waals surface area contributed by atoms with Crippen molar-refractivity contribution in [3.05, 3.63) is 94.0 Å². The highest BCUT2D eigenvalue weighted by atomic mass is 35.5. The molecule has 4 rings (SSSR count). The number of aryl methyl sites for hydroxylation is 1. The maximum absolute atomic E-state index is 14.3. The van der Waals surface area contributed by atoms with Gasteiger partial charge in [-0.1, -0.05) is 85.8 Å². The number of anilines is 1. The first kappa shape index (κ1) is 31.9. The first-order valence-corrected chi connectivity index (χ1v) is 16.5. The van der Waals surface area contributed by atoms with Crippen LogP contribution in [0.3, 0.4) is 0 Å². The fourth-order valence-corrected chi connectivity index (χ4v) is 7.12. The first-order valence-electron chi connectivity index (χ1n) is 14.3. The molecule has 0 bridgehead atoms. The SMILES string of the molecule is CCC(C(=O)NC1CCCCC1)N(Cc1ccc(Cl)cc1)C(=O)CN(c1cc(Cl)ccc1C)S(=O)(=O)c1ccccc1. The summed E-state index contributed by atoms with van der Waals surface area (Å²) in [7, 11) is -4.17. The van der Waals surface area contributed by atoms with E-state index in [9.17, 15) is 18.0 Å². The summed E-state index contributed by atoms with van der Waals surface area (Å²) in [5.74, 6) is -0.738. The van der Waals surface area contributed by atoms with Crippen molar-refractivity contribution in [3.63, 3.8) is 0 Å². The fourth-order valence-electron chi connectivity index (χ4n) is 5.33.